The molecule has 0 saturated carbocycles. The maximum atomic E-state index is 14.7. The van der Waals surface area contributed by atoms with Crippen molar-refractivity contribution in [3.63, 3.8) is 0 Å². The Kier molecular flexibility index (Phi) is 8.25. The Morgan fingerprint density at radius 1 is 1.20 bits per heavy atom. The summed E-state index contributed by atoms with van der Waals surface area (Å²) in [6, 6.07) is 7.68. The molecule has 0 bridgehead atoms. The second-order valence-electron chi connectivity index (χ2n) is 12.2. The van der Waals surface area contributed by atoms with Crippen LogP contribution in [-0.2, 0) is 6.54 Å². The number of phenolic OH excluding ortho intramolecular Hbond substituents is 1. The fourth-order valence-corrected chi connectivity index (χ4v) is 6.85. The number of nitrogens with one attached hydrogen (secondary N) is 2. The largest absolute Gasteiger partial charge is 0.508 e. The van der Waals surface area contributed by atoms with Crippen LogP contribution in [0.15, 0.2) is 51.9 Å². The number of hydrogen-bond donors (Lipinski definition) is 4. The van der Waals surface area contributed by atoms with Gasteiger partial charge in [-0.1, -0.05) is 12.0 Å². The number of aromatic nitrogens is 4. The quantitative estimate of drug-likeness (QED) is 0.163. The van der Waals surface area contributed by atoms with Gasteiger partial charge in [-0.05, 0) is 67.9 Å². The first-order chi connectivity index (χ1) is 23.6. The molecule has 6 heterocycles. The van der Waals surface area contributed by atoms with E-state index in [0.29, 0.717) is 40.0 Å². The molecule has 49 heavy (non-hydrogen) atoms. The number of pyridine rings is 1. The van der Waals surface area contributed by atoms with Crippen molar-refractivity contribution in [2.45, 2.75) is 44.9 Å². The lowest BCUT2D eigenvalue weighted by molar-refractivity contribution is 0.292. The molecular weight excluding hydrogens is 634 g/mol. The summed E-state index contributed by atoms with van der Waals surface area (Å²) in [6.07, 6.45) is 11.5. The van der Waals surface area contributed by atoms with Crippen molar-refractivity contribution in [1.29, 1.82) is 0 Å². The van der Waals surface area contributed by atoms with E-state index < -0.39 is 17.6 Å². The first-order valence-electron chi connectivity index (χ1n) is 15.7. The number of aryl methyl sites for hydroxylation is 1. The maximum Gasteiger partial charge on any atom is 0.349 e. The molecule has 0 spiro atoms. The minimum absolute atomic E-state index is 0.0102. The molecular formula is C36H32F2N6O5. The summed E-state index contributed by atoms with van der Waals surface area (Å²) in [5.74, 6) is 1.84. The number of aromatic amines is 1. The second kappa shape index (κ2) is 12.7. The summed E-state index contributed by atoms with van der Waals surface area (Å²) in [5.41, 5.74) is 1.42. The second-order valence-corrected chi connectivity index (χ2v) is 12.2. The molecule has 0 aliphatic carbocycles. The number of fused-ring (bicyclic) bond motifs is 4. The van der Waals surface area contributed by atoms with E-state index in [1.54, 1.807) is 19.2 Å². The van der Waals surface area contributed by atoms with Crippen LogP contribution < -0.4 is 15.7 Å². The third-order valence-electron chi connectivity index (χ3n) is 9.11. The molecule has 2 aliphatic rings. The summed E-state index contributed by atoms with van der Waals surface area (Å²) in [4.78, 5) is 31.6. The third kappa shape index (κ3) is 5.84. The van der Waals surface area contributed by atoms with Crippen LogP contribution in [0.25, 0.3) is 44.0 Å². The van der Waals surface area contributed by atoms with Gasteiger partial charge in [0.1, 0.15) is 46.1 Å². The monoisotopic (exact) mass is 666 g/mol. The zero-order chi connectivity index (χ0) is 34.4. The van der Waals surface area contributed by atoms with Crippen LogP contribution in [0.3, 0.4) is 0 Å². The number of methoxy groups -OCH3 is 1. The predicted molar refractivity (Wildman–Crippen MR) is 181 cm³/mol. The van der Waals surface area contributed by atoms with E-state index in [1.165, 1.54) is 50.4 Å². The first-order valence-corrected chi connectivity index (χ1v) is 15.7. The molecule has 4 aromatic heterocycles. The molecule has 2 aromatic carbocycles. The molecule has 2 aliphatic heterocycles. The standard InChI is InChI=1S/C29H20FN5O5.C7H12FN/c1-4-18-21(30)6-5-14-7-16(36)8-20(22(14)18)25-13(2)24-23(28(38)40-25)27(35-29(34-24)39-3)32-11-15-10-31-26-19(15)9-17(37)12-33-26;8-6-4-7-2-1-3-9(7)5-6/h1,5-10,12,36-37H,11H2,2-3H3,(H,31,33)(H,32,34,35);6-7H,1-5H2. The highest BCUT2D eigenvalue weighted by Gasteiger charge is 2.34. The summed E-state index contributed by atoms with van der Waals surface area (Å²) < 4.78 is 38.3. The van der Waals surface area contributed by atoms with Gasteiger partial charge >= 0.3 is 11.6 Å². The van der Waals surface area contributed by atoms with Crippen molar-refractivity contribution in [2.24, 2.45) is 0 Å². The van der Waals surface area contributed by atoms with E-state index in [2.05, 4.69) is 36.1 Å². The topological polar surface area (TPSA) is 150 Å². The van der Waals surface area contributed by atoms with E-state index in [0.717, 1.165) is 18.5 Å². The number of H-pyrrole nitrogens is 1. The molecule has 11 nitrogen and oxygen atoms in total. The molecule has 6 aromatic rings. The van der Waals surface area contributed by atoms with E-state index >= 15 is 0 Å². The molecule has 0 radical (unpaired) electrons. The highest BCUT2D eigenvalue weighted by atomic mass is 19.1. The Balaban J connectivity index is 0.000000361. The zero-order valence-corrected chi connectivity index (χ0v) is 26.7. The molecule has 2 atom stereocenters. The predicted octanol–water partition coefficient (Wildman–Crippen LogP) is 5.93. The van der Waals surface area contributed by atoms with Crippen LogP contribution >= 0.6 is 0 Å². The number of alkyl halides is 1. The van der Waals surface area contributed by atoms with E-state index in [1.807, 2.05) is 0 Å². The highest BCUT2D eigenvalue weighted by molar-refractivity contribution is 6.03. The van der Waals surface area contributed by atoms with Gasteiger partial charge in [-0.25, -0.2) is 18.6 Å². The minimum Gasteiger partial charge on any atom is -0.508 e. The van der Waals surface area contributed by atoms with Gasteiger partial charge in [-0.3, -0.25) is 4.90 Å². The van der Waals surface area contributed by atoms with Crippen LogP contribution in [0.4, 0.5) is 14.6 Å². The van der Waals surface area contributed by atoms with Crippen LogP contribution in [0.1, 0.15) is 36.0 Å². The Morgan fingerprint density at radius 2 is 2.04 bits per heavy atom. The lowest BCUT2D eigenvalue weighted by Gasteiger charge is -2.14. The Hall–Kier alpha value is -5.74. The van der Waals surface area contributed by atoms with Crippen molar-refractivity contribution >= 4 is 38.5 Å². The normalized spacial score (nSPS) is 17.2. The lowest BCUT2D eigenvalue weighted by atomic mass is 9.95. The van der Waals surface area contributed by atoms with Gasteiger partial charge in [-0.15, -0.1) is 6.42 Å². The van der Waals surface area contributed by atoms with Crippen molar-refractivity contribution in [1.82, 2.24) is 24.8 Å². The number of halogens is 2. The van der Waals surface area contributed by atoms with E-state index in [-0.39, 0.29) is 57.7 Å². The number of rotatable bonds is 5. The number of terminal acetylenes is 1. The van der Waals surface area contributed by atoms with Gasteiger partial charge < -0.3 is 29.7 Å². The molecule has 2 unspecified atom stereocenters. The number of hydrogen-bond acceptors (Lipinski definition) is 10. The lowest BCUT2D eigenvalue weighted by Crippen LogP contribution is -2.22. The van der Waals surface area contributed by atoms with Gasteiger partial charge in [-0.2, -0.15) is 9.97 Å². The number of phenols is 1. The van der Waals surface area contributed by atoms with Crippen LogP contribution in [-0.4, -0.2) is 67.5 Å². The van der Waals surface area contributed by atoms with Crippen LogP contribution in [0.2, 0.25) is 0 Å². The van der Waals surface area contributed by atoms with Crippen molar-refractivity contribution < 1.29 is 28.1 Å². The maximum absolute atomic E-state index is 14.7. The minimum atomic E-state index is -0.769. The zero-order valence-electron chi connectivity index (χ0n) is 26.7. The van der Waals surface area contributed by atoms with Crippen molar-refractivity contribution in [3.05, 3.63) is 75.7 Å². The first kappa shape index (κ1) is 31.8. The summed E-state index contributed by atoms with van der Waals surface area (Å²) >= 11 is 0. The van der Waals surface area contributed by atoms with Gasteiger partial charge in [0.15, 0.2) is 0 Å². The molecule has 2 saturated heterocycles. The Labute approximate surface area is 278 Å². The number of benzene rings is 2. The summed E-state index contributed by atoms with van der Waals surface area (Å²) in [6.45, 7) is 3.74. The average molecular weight is 667 g/mol. The molecule has 13 heteroatoms. The molecule has 8 rings (SSSR count). The summed E-state index contributed by atoms with van der Waals surface area (Å²) in [5, 5.41) is 24.9. The van der Waals surface area contributed by atoms with Gasteiger partial charge in [0, 0.05) is 47.2 Å². The number of nitrogens with zero attached hydrogens (tertiary/aromatic N) is 4. The molecule has 4 N–H and O–H groups in total. The number of aromatic hydroxyl groups is 2. The molecule has 0 amide bonds. The van der Waals surface area contributed by atoms with Gasteiger partial charge in [0.2, 0.25) is 0 Å². The molecule has 250 valence electrons. The van der Waals surface area contributed by atoms with E-state index in [4.69, 9.17) is 15.6 Å². The Bertz CT molecular complexity index is 2340. The Morgan fingerprint density at radius 3 is 2.82 bits per heavy atom. The number of ether oxygens (including phenoxy) is 1. The number of anilines is 1. The SMILES string of the molecule is C#Cc1c(F)ccc2cc(O)cc(-c3oc(=O)c4c(NCc5c[nH]c6ncc(O)cc56)nc(OC)nc4c3C)c12.FC1CC2CCCN2C1. The van der Waals surface area contributed by atoms with Crippen LogP contribution in [0, 0.1) is 25.1 Å². The van der Waals surface area contributed by atoms with Crippen molar-refractivity contribution in [3.8, 4) is 41.2 Å². The third-order valence-corrected chi connectivity index (χ3v) is 9.11. The smallest absolute Gasteiger partial charge is 0.349 e. The van der Waals surface area contributed by atoms with Crippen molar-refractivity contribution in [2.75, 3.05) is 25.5 Å². The van der Waals surface area contributed by atoms with Crippen LogP contribution in [0.5, 0.6) is 17.5 Å². The average Bonchev–Trinajstić information content (AvgIpc) is 3.80. The van der Waals surface area contributed by atoms with Gasteiger partial charge in [0.25, 0.3) is 0 Å². The fourth-order valence-electron chi connectivity index (χ4n) is 6.85. The fraction of sp³-hybridized carbons (Fsp3) is 0.278. The summed E-state index contributed by atoms with van der Waals surface area (Å²) in [7, 11) is 1.39. The van der Waals surface area contributed by atoms with E-state index in [9.17, 15) is 23.8 Å². The van der Waals surface area contributed by atoms with Gasteiger partial charge in [0.05, 0.1) is 24.4 Å². The molecule has 2 fully saturated rings. The highest BCUT2D eigenvalue weighted by Crippen LogP contribution is 2.39.